The molecule has 4 amide bonds. The van der Waals surface area contributed by atoms with Gasteiger partial charge in [-0.1, -0.05) is 33.6 Å². The largest absolute Gasteiger partial charge is 0.504 e. The number of carbonyl (C=O) groups is 4. The van der Waals surface area contributed by atoms with Crippen LogP contribution in [0.1, 0.15) is 65.7 Å². The van der Waals surface area contributed by atoms with Gasteiger partial charge in [0.2, 0.25) is 18.2 Å². The molecule has 2 saturated heterocycles. The molecule has 12 heteroatoms. The van der Waals surface area contributed by atoms with E-state index in [0.29, 0.717) is 18.2 Å². The first-order chi connectivity index (χ1) is 20.1. The summed E-state index contributed by atoms with van der Waals surface area (Å²) in [5.74, 6) is 1.35. The number of carbonyl (C=O) groups excluding carboxylic acids is 4. The first kappa shape index (κ1) is 32.6. The van der Waals surface area contributed by atoms with Gasteiger partial charge in [0, 0.05) is 25.8 Å². The summed E-state index contributed by atoms with van der Waals surface area (Å²) in [6.45, 7) is 8.53. The monoisotopic (exact) mass is 584 g/mol. The van der Waals surface area contributed by atoms with Crippen molar-refractivity contribution in [2.45, 2.75) is 77.9 Å². The number of anilines is 1. The van der Waals surface area contributed by atoms with Crippen LogP contribution in [0.25, 0.3) is 0 Å². The van der Waals surface area contributed by atoms with E-state index in [9.17, 15) is 24.3 Å². The quantitative estimate of drug-likeness (QED) is 0.429. The van der Waals surface area contributed by atoms with Gasteiger partial charge < -0.3 is 30.3 Å². The van der Waals surface area contributed by atoms with Crippen LogP contribution in [0.15, 0.2) is 18.3 Å². The second kappa shape index (κ2) is 15.9. The second-order valence-corrected chi connectivity index (χ2v) is 12.0. The maximum Gasteiger partial charge on any atom is 0.407 e. The van der Waals surface area contributed by atoms with Crippen molar-refractivity contribution in [1.29, 1.82) is 5.26 Å². The van der Waals surface area contributed by atoms with Gasteiger partial charge in [0.1, 0.15) is 18.7 Å². The number of aromatic nitrogens is 1. The lowest BCUT2D eigenvalue weighted by molar-refractivity contribution is -0.129. The third-order valence-corrected chi connectivity index (χ3v) is 7.53. The normalized spacial score (nSPS) is 24.2. The number of nitrogens with one attached hydrogen (secondary N) is 2. The number of pyridine rings is 1. The van der Waals surface area contributed by atoms with Gasteiger partial charge in [0.15, 0.2) is 11.6 Å². The number of nitriles is 1. The van der Waals surface area contributed by atoms with Gasteiger partial charge in [0.25, 0.3) is 0 Å². The highest BCUT2D eigenvalue weighted by Crippen LogP contribution is 2.36. The molecule has 4 fully saturated rings. The Kier molecular flexibility index (Phi) is 12.4. The lowest BCUT2D eigenvalue weighted by atomic mass is 9.82. The molecule has 2 aliphatic heterocycles. The van der Waals surface area contributed by atoms with Crippen LogP contribution in [-0.2, 0) is 19.1 Å². The van der Waals surface area contributed by atoms with Gasteiger partial charge in [-0.2, -0.15) is 5.26 Å². The molecule has 230 valence electrons. The summed E-state index contributed by atoms with van der Waals surface area (Å²) >= 11 is 0. The molecule has 3 heterocycles. The average Bonchev–Trinajstić information content (AvgIpc) is 3.50. The van der Waals surface area contributed by atoms with Gasteiger partial charge in [-0.05, 0) is 62.0 Å². The SMILES string of the molecule is CC(C)C.N#CC1CC(C(=O)Nc2ncccc2O)CN1C=O.O=C(NCC(=O)N1CC2CCCCC2C1)OC1CC1. The highest BCUT2D eigenvalue weighted by atomic mass is 16.6. The minimum Gasteiger partial charge on any atom is -0.504 e. The topological polar surface area (TPSA) is 165 Å². The zero-order valence-corrected chi connectivity index (χ0v) is 24.8. The van der Waals surface area contributed by atoms with Crippen molar-refractivity contribution in [2.75, 3.05) is 31.5 Å². The Balaban J connectivity index is 0.000000205. The predicted molar refractivity (Wildman–Crippen MR) is 155 cm³/mol. The van der Waals surface area contributed by atoms with E-state index < -0.39 is 18.1 Å². The molecule has 0 aromatic carbocycles. The number of fused-ring (bicyclic) bond motifs is 1. The van der Waals surface area contributed by atoms with E-state index in [2.05, 4.69) is 36.4 Å². The number of rotatable bonds is 6. The Hall–Kier alpha value is -3.88. The Morgan fingerprint density at radius 3 is 2.31 bits per heavy atom. The fourth-order valence-electron chi connectivity index (χ4n) is 5.25. The summed E-state index contributed by atoms with van der Waals surface area (Å²) in [7, 11) is 0. The number of aromatic hydroxyl groups is 1. The van der Waals surface area contributed by atoms with Crippen molar-refractivity contribution < 1.29 is 29.0 Å². The van der Waals surface area contributed by atoms with Crippen molar-refractivity contribution >= 4 is 30.1 Å². The van der Waals surface area contributed by atoms with Crippen LogP contribution >= 0.6 is 0 Å². The average molecular weight is 585 g/mol. The molecule has 1 aromatic heterocycles. The molecule has 0 bridgehead atoms. The number of alkyl carbamates (subject to hydrolysis) is 1. The van der Waals surface area contributed by atoms with Crippen LogP contribution in [0.4, 0.5) is 10.6 Å². The molecule has 12 nitrogen and oxygen atoms in total. The third kappa shape index (κ3) is 10.2. The summed E-state index contributed by atoms with van der Waals surface area (Å²) in [6.07, 6.45) is 8.96. The van der Waals surface area contributed by atoms with Gasteiger partial charge in [-0.15, -0.1) is 0 Å². The fraction of sp³-hybridized carbons (Fsp3) is 0.667. The lowest BCUT2D eigenvalue weighted by Gasteiger charge is -2.22. The van der Waals surface area contributed by atoms with E-state index in [1.54, 1.807) is 6.07 Å². The summed E-state index contributed by atoms with van der Waals surface area (Å²) in [4.78, 5) is 53.2. The molecule has 4 atom stereocenters. The van der Waals surface area contributed by atoms with E-state index >= 15 is 0 Å². The summed E-state index contributed by atoms with van der Waals surface area (Å²) in [6, 6.07) is 4.35. The molecule has 3 N–H and O–H groups in total. The number of nitrogens with zero attached hydrogens (tertiary/aromatic N) is 4. The summed E-state index contributed by atoms with van der Waals surface area (Å²) in [5, 5.41) is 23.4. The smallest absolute Gasteiger partial charge is 0.407 e. The molecule has 42 heavy (non-hydrogen) atoms. The van der Waals surface area contributed by atoms with Gasteiger partial charge in [0.05, 0.1) is 12.0 Å². The Labute approximate surface area is 247 Å². The zero-order chi connectivity index (χ0) is 30.6. The van der Waals surface area contributed by atoms with E-state index in [-0.39, 0.29) is 49.0 Å². The number of hydrogen-bond acceptors (Lipinski definition) is 8. The Morgan fingerprint density at radius 1 is 1.14 bits per heavy atom. The number of amides is 4. The summed E-state index contributed by atoms with van der Waals surface area (Å²) < 4.78 is 5.05. The molecule has 2 saturated carbocycles. The number of ether oxygens (including phenoxy) is 1. The van der Waals surface area contributed by atoms with E-state index in [1.165, 1.54) is 42.8 Å². The van der Waals surface area contributed by atoms with Crippen LogP contribution < -0.4 is 10.6 Å². The maximum atomic E-state index is 12.1. The molecule has 4 aliphatic rings. The van der Waals surface area contributed by atoms with Crippen LogP contribution in [0.2, 0.25) is 0 Å². The van der Waals surface area contributed by atoms with E-state index in [1.807, 2.05) is 11.0 Å². The van der Waals surface area contributed by atoms with Crippen molar-refractivity contribution in [3.05, 3.63) is 18.3 Å². The first-order valence-corrected chi connectivity index (χ1v) is 14.9. The molecule has 4 unspecified atom stereocenters. The first-order valence-electron chi connectivity index (χ1n) is 14.9. The number of hydrogen-bond donors (Lipinski definition) is 3. The minimum absolute atomic E-state index is 0.0298. The fourth-order valence-corrected chi connectivity index (χ4v) is 5.25. The third-order valence-electron chi connectivity index (χ3n) is 7.53. The van der Waals surface area contributed by atoms with Crippen molar-refractivity contribution in [3.8, 4) is 11.8 Å². The Bertz CT molecular complexity index is 1100. The van der Waals surface area contributed by atoms with Crippen LogP contribution in [-0.4, -0.2) is 82.5 Å². The van der Waals surface area contributed by atoms with E-state index in [0.717, 1.165) is 31.8 Å². The molecule has 0 radical (unpaired) electrons. The predicted octanol–water partition coefficient (Wildman–Crippen LogP) is 3.28. The standard InChI is InChI=1S/C14H22N2O3.C12H12N4O3.C4H10/c17-13(7-15-14(18)19-12-5-6-12)16-8-10-3-1-2-4-11(10)9-16;13-5-9-4-8(6-16(9)7-17)12(19)15-11-10(18)2-1-3-14-11;1-4(2)3/h10-12H,1-9H2,(H,15,18);1-3,7-9,18H,4,6H2,(H,14,15,19);4H,1-3H3. The minimum atomic E-state index is -0.578. The van der Waals surface area contributed by atoms with E-state index in [4.69, 9.17) is 10.00 Å². The van der Waals surface area contributed by atoms with Crippen LogP contribution in [0.5, 0.6) is 5.75 Å². The van der Waals surface area contributed by atoms with Gasteiger partial charge in [-0.25, -0.2) is 9.78 Å². The highest BCUT2D eigenvalue weighted by molar-refractivity contribution is 5.93. The molecule has 0 spiro atoms. The second-order valence-electron chi connectivity index (χ2n) is 12.0. The zero-order valence-electron chi connectivity index (χ0n) is 24.8. The lowest BCUT2D eigenvalue weighted by Crippen LogP contribution is -2.39. The van der Waals surface area contributed by atoms with Crippen molar-refractivity contribution in [1.82, 2.24) is 20.1 Å². The van der Waals surface area contributed by atoms with Crippen LogP contribution in [0, 0.1) is 35.0 Å². The molecule has 5 rings (SSSR count). The maximum absolute atomic E-state index is 12.1. The summed E-state index contributed by atoms with van der Waals surface area (Å²) in [5.41, 5.74) is 0. The molecular weight excluding hydrogens is 540 g/mol. The van der Waals surface area contributed by atoms with Crippen molar-refractivity contribution in [2.24, 2.45) is 23.7 Å². The van der Waals surface area contributed by atoms with Gasteiger partial charge >= 0.3 is 6.09 Å². The molecule has 1 aromatic rings. The van der Waals surface area contributed by atoms with Crippen molar-refractivity contribution in [3.63, 3.8) is 0 Å². The molecular formula is C30H44N6O6. The highest BCUT2D eigenvalue weighted by Gasteiger charge is 2.37. The van der Waals surface area contributed by atoms with Gasteiger partial charge in [-0.3, -0.25) is 14.4 Å². The Morgan fingerprint density at radius 2 is 1.79 bits per heavy atom. The molecule has 2 aliphatic carbocycles. The van der Waals surface area contributed by atoms with Crippen LogP contribution in [0.3, 0.4) is 0 Å². The number of likely N-dealkylation sites (tertiary alicyclic amines) is 2.